The minimum Gasteiger partial charge on any atom is -0.508 e. The predicted octanol–water partition coefficient (Wildman–Crippen LogP) is 2.17. The van der Waals surface area contributed by atoms with Crippen LogP contribution < -0.4 is 5.32 Å². The summed E-state index contributed by atoms with van der Waals surface area (Å²) in [5.41, 5.74) is 0.655. The highest BCUT2D eigenvalue weighted by atomic mass is 19.1. The van der Waals surface area contributed by atoms with Gasteiger partial charge in [0, 0.05) is 12.6 Å². The van der Waals surface area contributed by atoms with Gasteiger partial charge in [-0.15, -0.1) is 0 Å². The summed E-state index contributed by atoms with van der Waals surface area (Å²) >= 11 is 0. The third-order valence-corrected chi connectivity index (χ3v) is 2.59. The molecule has 2 aromatic rings. The third-order valence-electron chi connectivity index (χ3n) is 2.59. The first-order valence-electron chi connectivity index (χ1n) is 5.61. The van der Waals surface area contributed by atoms with Crippen LogP contribution in [0.1, 0.15) is 15.9 Å². The lowest BCUT2D eigenvalue weighted by Gasteiger charge is -2.06. The number of hydrogen-bond donors (Lipinski definition) is 3. The van der Waals surface area contributed by atoms with Crippen LogP contribution in [0, 0.1) is 5.82 Å². The van der Waals surface area contributed by atoms with Crippen LogP contribution in [-0.2, 0) is 6.54 Å². The third kappa shape index (κ3) is 3.22. The summed E-state index contributed by atoms with van der Waals surface area (Å²) in [6, 6.07) is 9.67. The molecule has 0 aromatic heterocycles. The van der Waals surface area contributed by atoms with Crippen molar-refractivity contribution in [2.24, 2.45) is 0 Å². The zero-order chi connectivity index (χ0) is 13.8. The van der Waals surface area contributed by atoms with Crippen molar-refractivity contribution in [1.29, 1.82) is 0 Å². The van der Waals surface area contributed by atoms with Gasteiger partial charge in [-0.1, -0.05) is 12.1 Å². The average Bonchev–Trinajstić information content (AvgIpc) is 2.37. The Balaban J connectivity index is 2.03. The van der Waals surface area contributed by atoms with Crippen molar-refractivity contribution < 1.29 is 19.4 Å². The minimum absolute atomic E-state index is 0.128. The topological polar surface area (TPSA) is 69.6 Å². The van der Waals surface area contributed by atoms with Gasteiger partial charge < -0.3 is 15.5 Å². The van der Waals surface area contributed by atoms with E-state index in [1.807, 2.05) is 0 Å². The molecule has 19 heavy (non-hydrogen) atoms. The van der Waals surface area contributed by atoms with E-state index in [9.17, 15) is 9.18 Å². The van der Waals surface area contributed by atoms with Gasteiger partial charge in [-0.2, -0.15) is 0 Å². The maximum atomic E-state index is 13.4. The number of benzene rings is 2. The molecule has 0 radical (unpaired) electrons. The van der Waals surface area contributed by atoms with Gasteiger partial charge in [-0.05, 0) is 29.8 Å². The molecule has 2 rings (SSSR count). The molecule has 0 aliphatic carbocycles. The molecule has 4 nitrogen and oxygen atoms in total. The first-order chi connectivity index (χ1) is 9.06. The highest BCUT2D eigenvalue weighted by molar-refractivity contribution is 5.94. The molecule has 1 amide bonds. The lowest BCUT2D eigenvalue weighted by atomic mass is 10.1. The highest BCUT2D eigenvalue weighted by Gasteiger charge is 2.11. The van der Waals surface area contributed by atoms with Crippen molar-refractivity contribution in [3.05, 3.63) is 59.4 Å². The lowest BCUT2D eigenvalue weighted by molar-refractivity contribution is 0.0947. The fraction of sp³-hybridized carbons (Fsp3) is 0.0714. The Bertz CT molecular complexity index is 596. The van der Waals surface area contributed by atoms with Gasteiger partial charge in [0.2, 0.25) is 0 Å². The monoisotopic (exact) mass is 261 g/mol. The van der Waals surface area contributed by atoms with Gasteiger partial charge in [-0.25, -0.2) is 4.39 Å². The number of carbonyl (C=O) groups is 1. The Kier molecular flexibility index (Phi) is 3.66. The van der Waals surface area contributed by atoms with Gasteiger partial charge >= 0.3 is 0 Å². The number of hydrogen-bond acceptors (Lipinski definition) is 3. The molecule has 5 heteroatoms. The van der Waals surface area contributed by atoms with Crippen LogP contribution >= 0.6 is 0 Å². The van der Waals surface area contributed by atoms with Crippen molar-refractivity contribution in [1.82, 2.24) is 5.32 Å². The quantitative estimate of drug-likeness (QED) is 0.793. The molecular formula is C14H12FNO3. The smallest absolute Gasteiger partial charge is 0.254 e. The molecule has 98 valence electrons. The van der Waals surface area contributed by atoms with E-state index in [0.29, 0.717) is 0 Å². The fourth-order valence-electron chi connectivity index (χ4n) is 1.58. The number of amides is 1. The van der Waals surface area contributed by atoms with Crippen LogP contribution in [-0.4, -0.2) is 16.1 Å². The predicted molar refractivity (Wildman–Crippen MR) is 67.3 cm³/mol. The number of aromatic hydroxyl groups is 2. The molecule has 0 unspecified atom stereocenters. The summed E-state index contributed by atoms with van der Waals surface area (Å²) in [6.45, 7) is 0.222. The van der Waals surface area contributed by atoms with E-state index in [1.165, 1.54) is 24.3 Å². The maximum Gasteiger partial charge on any atom is 0.254 e. The normalized spacial score (nSPS) is 10.2. The number of phenolic OH excluding ortho intramolecular Hbond substituents is 2. The number of carbonyl (C=O) groups excluding carboxylic acids is 1. The first-order valence-corrected chi connectivity index (χ1v) is 5.61. The van der Waals surface area contributed by atoms with Gasteiger partial charge in [0.05, 0.1) is 5.56 Å². The zero-order valence-corrected chi connectivity index (χ0v) is 9.93. The van der Waals surface area contributed by atoms with Crippen LogP contribution in [0.3, 0.4) is 0 Å². The molecule has 3 N–H and O–H groups in total. The first kappa shape index (κ1) is 12.9. The number of nitrogens with one attached hydrogen (secondary N) is 1. The second-order valence-corrected chi connectivity index (χ2v) is 4.01. The Morgan fingerprint density at radius 2 is 1.68 bits per heavy atom. The van der Waals surface area contributed by atoms with Crippen LogP contribution in [0.4, 0.5) is 4.39 Å². The minimum atomic E-state index is -0.775. The van der Waals surface area contributed by atoms with Crippen molar-refractivity contribution in [3.63, 3.8) is 0 Å². The molecule has 0 bridgehead atoms. The zero-order valence-electron chi connectivity index (χ0n) is 9.93. The van der Waals surface area contributed by atoms with E-state index in [-0.39, 0.29) is 23.6 Å². The van der Waals surface area contributed by atoms with Crippen molar-refractivity contribution >= 4 is 5.91 Å². The molecule has 0 heterocycles. The molecular weight excluding hydrogens is 249 g/mol. The van der Waals surface area contributed by atoms with Crippen LogP contribution in [0.5, 0.6) is 11.5 Å². The second-order valence-electron chi connectivity index (χ2n) is 4.01. The number of rotatable bonds is 3. The summed E-state index contributed by atoms with van der Waals surface area (Å²) in [5, 5.41) is 20.7. The van der Waals surface area contributed by atoms with E-state index in [2.05, 4.69) is 5.32 Å². The van der Waals surface area contributed by atoms with Crippen LogP contribution in [0.15, 0.2) is 42.5 Å². The Morgan fingerprint density at radius 3 is 2.32 bits per heavy atom. The van der Waals surface area contributed by atoms with Crippen molar-refractivity contribution in [3.8, 4) is 11.5 Å². The Labute approximate surface area is 109 Å². The lowest BCUT2D eigenvalue weighted by Crippen LogP contribution is -2.23. The van der Waals surface area contributed by atoms with Gasteiger partial charge in [0.15, 0.2) is 0 Å². The molecule has 0 aliphatic rings. The largest absolute Gasteiger partial charge is 0.508 e. The molecule has 0 saturated carbocycles. The summed E-state index contributed by atoms with van der Waals surface area (Å²) in [6.07, 6.45) is 0. The molecule has 0 spiro atoms. The number of halogens is 1. The van der Waals surface area contributed by atoms with Gasteiger partial charge in [-0.3, -0.25) is 4.79 Å². The molecule has 2 aromatic carbocycles. The summed E-state index contributed by atoms with van der Waals surface area (Å²) in [7, 11) is 0. The average molecular weight is 261 g/mol. The molecule has 0 saturated heterocycles. The molecule has 0 fully saturated rings. The standard InChI is InChI=1S/C14H12FNO3/c15-13-7-11(18)5-6-12(13)14(19)16-8-9-1-3-10(17)4-2-9/h1-7,17-18H,8H2,(H,16,19). The highest BCUT2D eigenvalue weighted by Crippen LogP contribution is 2.15. The fourth-order valence-corrected chi connectivity index (χ4v) is 1.58. The molecule has 0 aliphatic heterocycles. The summed E-state index contributed by atoms with van der Waals surface area (Å²) < 4.78 is 13.4. The maximum absolute atomic E-state index is 13.4. The Morgan fingerprint density at radius 1 is 1.05 bits per heavy atom. The number of phenols is 2. The van der Waals surface area contributed by atoms with Crippen LogP contribution in [0.25, 0.3) is 0 Å². The van der Waals surface area contributed by atoms with E-state index in [4.69, 9.17) is 10.2 Å². The van der Waals surface area contributed by atoms with E-state index < -0.39 is 11.7 Å². The molecule has 0 atom stereocenters. The van der Waals surface area contributed by atoms with E-state index >= 15 is 0 Å². The van der Waals surface area contributed by atoms with Crippen molar-refractivity contribution in [2.45, 2.75) is 6.54 Å². The van der Waals surface area contributed by atoms with E-state index in [1.54, 1.807) is 12.1 Å². The van der Waals surface area contributed by atoms with Gasteiger partial charge in [0.1, 0.15) is 17.3 Å². The second kappa shape index (κ2) is 5.39. The SMILES string of the molecule is O=C(NCc1ccc(O)cc1)c1ccc(O)cc1F. The van der Waals surface area contributed by atoms with Crippen LogP contribution in [0.2, 0.25) is 0 Å². The Hall–Kier alpha value is -2.56. The summed E-state index contributed by atoms with van der Waals surface area (Å²) in [5.74, 6) is -1.43. The van der Waals surface area contributed by atoms with Crippen molar-refractivity contribution in [2.75, 3.05) is 0 Å². The summed E-state index contributed by atoms with van der Waals surface area (Å²) in [4.78, 5) is 11.7. The van der Waals surface area contributed by atoms with E-state index in [0.717, 1.165) is 11.6 Å². The van der Waals surface area contributed by atoms with Gasteiger partial charge in [0.25, 0.3) is 5.91 Å².